The number of nitrogens with two attached hydrogens (primary N) is 1. The van der Waals surface area contributed by atoms with E-state index in [1.54, 1.807) is 0 Å². The Hall–Kier alpha value is -1.22. The van der Waals surface area contributed by atoms with Gasteiger partial charge in [0.05, 0.1) is 0 Å². The molecule has 1 aromatic carbocycles. The van der Waals surface area contributed by atoms with Crippen molar-refractivity contribution in [1.82, 2.24) is 4.90 Å². The number of nitrogen functional groups attached to an aromatic ring is 1. The zero-order valence-corrected chi connectivity index (χ0v) is 8.29. The summed E-state index contributed by atoms with van der Waals surface area (Å²) in [7, 11) is 2.12. The average molecular weight is 190 g/mol. The van der Waals surface area contributed by atoms with Crippen LogP contribution in [0.25, 0.3) is 0 Å². The number of nitrogens with zero attached hydrogens (tertiary/aromatic N) is 1. The molecule has 0 aliphatic carbocycles. The Labute approximate surface area is 83.5 Å². The first kappa shape index (κ1) is 8.12. The van der Waals surface area contributed by atoms with E-state index in [4.69, 9.17) is 10.5 Å². The first-order valence-electron chi connectivity index (χ1n) is 4.93. The Morgan fingerprint density at radius 3 is 2.93 bits per heavy atom. The van der Waals surface area contributed by atoms with Crippen LogP contribution in [0.15, 0.2) is 18.2 Å². The summed E-state index contributed by atoms with van der Waals surface area (Å²) in [6.45, 7) is 2.06. The van der Waals surface area contributed by atoms with Crippen molar-refractivity contribution in [1.29, 1.82) is 0 Å². The lowest BCUT2D eigenvalue weighted by Gasteiger charge is -2.44. The van der Waals surface area contributed by atoms with Gasteiger partial charge in [0, 0.05) is 31.3 Å². The van der Waals surface area contributed by atoms with Crippen LogP contribution in [0, 0.1) is 0 Å². The standard InChI is InChI=1S/C11H14N2O/c1-13-6-11(7-13)5-8-2-3-9(12)4-10(8)14-11/h2-4H,5-7,12H2,1H3. The van der Waals surface area contributed by atoms with Crippen LogP contribution >= 0.6 is 0 Å². The molecule has 2 N–H and O–H groups in total. The third-order valence-electron chi connectivity index (χ3n) is 3.05. The lowest BCUT2D eigenvalue weighted by Crippen LogP contribution is -2.62. The highest BCUT2D eigenvalue weighted by Crippen LogP contribution is 2.40. The first-order valence-corrected chi connectivity index (χ1v) is 4.93. The minimum absolute atomic E-state index is 0.0604. The van der Waals surface area contributed by atoms with Gasteiger partial charge in [-0.25, -0.2) is 0 Å². The van der Waals surface area contributed by atoms with E-state index in [0.717, 1.165) is 30.9 Å². The molecular formula is C11H14N2O. The molecule has 0 saturated carbocycles. The average Bonchev–Trinajstić information content (AvgIpc) is 2.41. The molecule has 3 rings (SSSR count). The second kappa shape index (κ2) is 2.42. The van der Waals surface area contributed by atoms with Gasteiger partial charge in [-0.15, -0.1) is 0 Å². The van der Waals surface area contributed by atoms with Gasteiger partial charge in [0.25, 0.3) is 0 Å². The molecule has 2 aliphatic heterocycles. The lowest BCUT2D eigenvalue weighted by atomic mass is 9.90. The Morgan fingerprint density at radius 1 is 1.43 bits per heavy atom. The smallest absolute Gasteiger partial charge is 0.138 e. The van der Waals surface area contributed by atoms with Gasteiger partial charge >= 0.3 is 0 Å². The molecule has 74 valence electrons. The minimum Gasteiger partial charge on any atom is -0.484 e. The van der Waals surface area contributed by atoms with Crippen LogP contribution in [-0.2, 0) is 6.42 Å². The van der Waals surface area contributed by atoms with Crippen LogP contribution < -0.4 is 10.5 Å². The van der Waals surface area contributed by atoms with E-state index >= 15 is 0 Å². The number of hydrogen-bond donors (Lipinski definition) is 1. The summed E-state index contributed by atoms with van der Waals surface area (Å²) in [6.07, 6.45) is 1.03. The highest BCUT2D eigenvalue weighted by molar-refractivity contribution is 5.51. The Bertz CT molecular complexity index is 383. The second-order valence-corrected chi connectivity index (χ2v) is 4.50. The predicted molar refractivity (Wildman–Crippen MR) is 55.4 cm³/mol. The van der Waals surface area contributed by atoms with Gasteiger partial charge < -0.3 is 10.5 Å². The molecule has 1 aromatic rings. The van der Waals surface area contributed by atoms with Gasteiger partial charge in [-0.1, -0.05) is 6.07 Å². The van der Waals surface area contributed by atoms with Crippen LogP contribution in [0.5, 0.6) is 5.75 Å². The van der Waals surface area contributed by atoms with E-state index in [0.29, 0.717) is 0 Å². The number of fused-ring (bicyclic) bond motifs is 1. The van der Waals surface area contributed by atoms with Crippen molar-refractivity contribution in [3.05, 3.63) is 23.8 Å². The van der Waals surface area contributed by atoms with Crippen molar-refractivity contribution >= 4 is 5.69 Å². The lowest BCUT2D eigenvalue weighted by molar-refractivity contribution is -0.0481. The molecule has 1 spiro atoms. The molecule has 2 heterocycles. The third kappa shape index (κ3) is 1.02. The minimum atomic E-state index is 0.0604. The maximum atomic E-state index is 5.96. The van der Waals surface area contributed by atoms with Crippen molar-refractivity contribution in [2.24, 2.45) is 0 Å². The van der Waals surface area contributed by atoms with E-state index in [1.165, 1.54) is 5.56 Å². The fourth-order valence-electron chi connectivity index (χ4n) is 2.54. The van der Waals surface area contributed by atoms with Crippen LogP contribution in [0.4, 0.5) is 5.69 Å². The van der Waals surface area contributed by atoms with E-state index in [2.05, 4.69) is 18.0 Å². The molecule has 0 unspecified atom stereocenters. The van der Waals surface area contributed by atoms with Gasteiger partial charge in [-0.05, 0) is 18.7 Å². The van der Waals surface area contributed by atoms with E-state index in [9.17, 15) is 0 Å². The molecular weight excluding hydrogens is 176 g/mol. The van der Waals surface area contributed by atoms with Crippen LogP contribution in [0.2, 0.25) is 0 Å². The third-order valence-corrected chi connectivity index (χ3v) is 3.05. The molecule has 3 nitrogen and oxygen atoms in total. The topological polar surface area (TPSA) is 38.5 Å². The van der Waals surface area contributed by atoms with Crippen molar-refractivity contribution < 1.29 is 4.74 Å². The zero-order valence-electron chi connectivity index (χ0n) is 8.29. The van der Waals surface area contributed by atoms with Gasteiger partial charge in [-0.3, -0.25) is 4.90 Å². The van der Waals surface area contributed by atoms with Crippen LogP contribution in [0.1, 0.15) is 5.56 Å². The molecule has 0 atom stereocenters. The molecule has 0 bridgehead atoms. The second-order valence-electron chi connectivity index (χ2n) is 4.50. The van der Waals surface area contributed by atoms with E-state index in [1.807, 2.05) is 12.1 Å². The predicted octanol–water partition coefficient (Wildman–Crippen LogP) is 0.888. The number of likely N-dealkylation sites (tertiary alicyclic amines) is 1. The number of anilines is 1. The molecule has 1 saturated heterocycles. The number of ether oxygens (including phenoxy) is 1. The molecule has 1 fully saturated rings. The molecule has 0 radical (unpaired) electrons. The fraction of sp³-hybridized carbons (Fsp3) is 0.455. The number of hydrogen-bond acceptors (Lipinski definition) is 3. The van der Waals surface area contributed by atoms with Gasteiger partial charge in [0.2, 0.25) is 0 Å². The van der Waals surface area contributed by atoms with Crippen molar-refractivity contribution in [3.8, 4) is 5.75 Å². The molecule has 0 aromatic heterocycles. The summed E-state index contributed by atoms with van der Waals surface area (Å²) in [6, 6.07) is 5.96. The zero-order chi connectivity index (χ0) is 9.76. The van der Waals surface area contributed by atoms with Crippen molar-refractivity contribution in [2.75, 3.05) is 25.9 Å². The molecule has 14 heavy (non-hydrogen) atoms. The van der Waals surface area contributed by atoms with E-state index in [-0.39, 0.29) is 5.60 Å². The first-order chi connectivity index (χ1) is 6.67. The van der Waals surface area contributed by atoms with Crippen molar-refractivity contribution in [2.45, 2.75) is 12.0 Å². The van der Waals surface area contributed by atoms with Gasteiger partial charge in [0.1, 0.15) is 11.4 Å². The largest absolute Gasteiger partial charge is 0.484 e. The van der Waals surface area contributed by atoms with Gasteiger partial charge in [-0.2, -0.15) is 0 Å². The summed E-state index contributed by atoms with van der Waals surface area (Å²) in [4.78, 5) is 2.27. The van der Waals surface area contributed by atoms with Crippen molar-refractivity contribution in [3.63, 3.8) is 0 Å². The summed E-state index contributed by atoms with van der Waals surface area (Å²) in [5.74, 6) is 0.984. The quantitative estimate of drug-likeness (QED) is 0.617. The fourth-order valence-corrected chi connectivity index (χ4v) is 2.54. The highest BCUT2D eigenvalue weighted by atomic mass is 16.5. The SMILES string of the molecule is CN1CC2(Cc3ccc(N)cc3O2)C1. The monoisotopic (exact) mass is 190 g/mol. The highest BCUT2D eigenvalue weighted by Gasteiger charge is 2.47. The Balaban J connectivity index is 1.91. The maximum Gasteiger partial charge on any atom is 0.138 e. The number of benzene rings is 1. The number of rotatable bonds is 0. The summed E-state index contributed by atoms with van der Waals surface area (Å²) < 4.78 is 5.96. The molecule has 0 amide bonds. The van der Waals surface area contributed by atoms with Crippen LogP contribution in [0.3, 0.4) is 0 Å². The Kier molecular flexibility index (Phi) is 1.40. The van der Waals surface area contributed by atoms with Crippen LogP contribution in [-0.4, -0.2) is 30.6 Å². The maximum absolute atomic E-state index is 5.96. The summed E-state index contributed by atoms with van der Waals surface area (Å²) in [5, 5.41) is 0. The summed E-state index contributed by atoms with van der Waals surface area (Å²) in [5.41, 5.74) is 7.86. The molecule has 2 aliphatic rings. The summed E-state index contributed by atoms with van der Waals surface area (Å²) >= 11 is 0. The van der Waals surface area contributed by atoms with Gasteiger partial charge in [0.15, 0.2) is 0 Å². The Morgan fingerprint density at radius 2 is 2.21 bits per heavy atom. The van der Waals surface area contributed by atoms with E-state index < -0.39 is 0 Å². The molecule has 3 heteroatoms. The number of likely N-dealkylation sites (N-methyl/N-ethyl adjacent to an activating group) is 1. The normalized spacial score (nSPS) is 22.9.